The Balaban J connectivity index is 1.67. The molecule has 0 radical (unpaired) electrons. The molecule has 3 rings (SSSR count). The summed E-state index contributed by atoms with van der Waals surface area (Å²) in [5, 5.41) is 4.52. The van der Waals surface area contributed by atoms with E-state index in [0.29, 0.717) is 5.82 Å². The minimum absolute atomic E-state index is 0.588. The van der Waals surface area contributed by atoms with Gasteiger partial charge in [-0.25, -0.2) is 0 Å². The average Bonchev–Trinajstić information content (AvgIpc) is 3.10. The molecule has 0 amide bonds. The molecule has 0 atom stereocenters. The van der Waals surface area contributed by atoms with Gasteiger partial charge < -0.3 is 16.0 Å². The van der Waals surface area contributed by atoms with Gasteiger partial charge in [0.25, 0.3) is 0 Å². The van der Waals surface area contributed by atoms with Gasteiger partial charge in [0.15, 0.2) is 0 Å². The number of hydrogen-bond acceptors (Lipinski definition) is 6. The van der Waals surface area contributed by atoms with Gasteiger partial charge in [-0.15, -0.1) is 0 Å². The largest absolute Gasteiger partial charge is 0.382 e. The van der Waals surface area contributed by atoms with Gasteiger partial charge in [-0.1, -0.05) is 0 Å². The molecule has 20 heavy (non-hydrogen) atoms. The summed E-state index contributed by atoms with van der Waals surface area (Å²) in [5.41, 5.74) is 8.06. The summed E-state index contributed by atoms with van der Waals surface area (Å²) in [7, 11) is 0. The molecule has 0 saturated carbocycles. The molecule has 0 bridgehead atoms. The van der Waals surface area contributed by atoms with Crippen LogP contribution in [0.3, 0.4) is 0 Å². The fourth-order valence-corrected chi connectivity index (χ4v) is 3.32. The van der Waals surface area contributed by atoms with Crippen LogP contribution in [0.25, 0.3) is 11.1 Å². The van der Waals surface area contributed by atoms with E-state index < -0.39 is 0 Å². The van der Waals surface area contributed by atoms with Gasteiger partial charge in [0.2, 0.25) is 0 Å². The van der Waals surface area contributed by atoms with Crippen molar-refractivity contribution in [2.75, 3.05) is 37.2 Å². The van der Waals surface area contributed by atoms with Gasteiger partial charge in [-0.3, -0.25) is 4.98 Å². The maximum absolute atomic E-state index is 6.00. The van der Waals surface area contributed by atoms with Crippen LogP contribution in [0.5, 0.6) is 0 Å². The second kappa shape index (κ2) is 6.19. The predicted molar refractivity (Wildman–Crippen MR) is 83.9 cm³/mol. The number of anilines is 2. The van der Waals surface area contributed by atoms with Crippen LogP contribution in [0, 0.1) is 0 Å². The smallest absolute Gasteiger partial charge is 0.147 e. The summed E-state index contributed by atoms with van der Waals surface area (Å²) in [6.07, 6.45) is 6.21. The number of hydrogen-bond donors (Lipinski definition) is 2. The molecule has 106 valence electrons. The van der Waals surface area contributed by atoms with Crippen molar-refractivity contribution < 1.29 is 0 Å². The van der Waals surface area contributed by atoms with Crippen LogP contribution in [0.15, 0.2) is 24.5 Å². The third-order valence-electron chi connectivity index (χ3n) is 3.60. The highest BCUT2D eigenvalue weighted by Gasteiger charge is 2.14. The van der Waals surface area contributed by atoms with Crippen molar-refractivity contribution >= 4 is 22.4 Å². The number of rotatable bonds is 5. The summed E-state index contributed by atoms with van der Waals surface area (Å²) in [4.78, 5) is 6.53. The number of pyridine rings is 1. The van der Waals surface area contributed by atoms with Crippen LogP contribution >= 0.6 is 11.5 Å². The molecule has 0 aliphatic carbocycles. The molecule has 1 fully saturated rings. The highest BCUT2D eigenvalue weighted by molar-refractivity contribution is 7.11. The van der Waals surface area contributed by atoms with E-state index in [4.69, 9.17) is 5.73 Å². The van der Waals surface area contributed by atoms with Crippen molar-refractivity contribution in [1.29, 1.82) is 0 Å². The second-order valence-corrected chi connectivity index (χ2v) is 5.76. The van der Waals surface area contributed by atoms with Gasteiger partial charge in [-0.05, 0) is 55.2 Å². The van der Waals surface area contributed by atoms with Crippen molar-refractivity contribution in [2.24, 2.45) is 0 Å². The molecule has 3 heterocycles. The Bertz CT molecular complexity index is 548. The van der Waals surface area contributed by atoms with E-state index in [0.717, 1.165) is 29.2 Å². The molecule has 2 aromatic heterocycles. The summed E-state index contributed by atoms with van der Waals surface area (Å²) < 4.78 is 4.27. The Hall–Kier alpha value is -1.66. The van der Waals surface area contributed by atoms with Crippen molar-refractivity contribution in [2.45, 2.75) is 12.8 Å². The topological polar surface area (TPSA) is 67.1 Å². The highest BCUT2D eigenvalue weighted by atomic mass is 32.1. The monoisotopic (exact) mass is 289 g/mol. The number of nitrogens with zero attached hydrogens (tertiary/aromatic N) is 3. The predicted octanol–water partition coefficient (Wildman–Crippen LogP) is 2.30. The Morgan fingerprint density at radius 3 is 2.75 bits per heavy atom. The maximum Gasteiger partial charge on any atom is 0.147 e. The SMILES string of the molecule is Nc1nsc(NCCN2CCCC2)c1-c1ccncc1. The van der Waals surface area contributed by atoms with Gasteiger partial charge in [0, 0.05) is 25.5 Å². The minimum atomic E-state index is 0.588. The van der Waals surface area contributed by atoms with E-state index in [1.54, 1.807) is 12.4 Å². The fourth-order valence-electron chi connectivity index (χ4n) is 2.55. The molecule has 6 heteroatoms. The third-order valence-corrected chi connectivity index (χ3v) is 4.42. The van der Waals surface area contributed by atoms with E-state index in [-0.39, 0.29) is 0 Å². The molecule has 1 aliphatic heterocycles. The van der Waals surface area contributed by atoms with Crippen molar-refractivity contribution in [3.63, 3.8) is 0 Å². The Morgan fingerprint density at radius 2 is 2.00 bits per heavy atom. The first-order valence-electron chi connectivity index (χ1n) is 6.96. The average molecular weight is 289 g/mol. The summed E-state index contributed by atoms with van der Waals surface area (Å²) >= 11 is 1.43. The molecule has 2 aromatic rings. The molecule has 0 aromatic carbocycles. The van der Waals surface area contributed by atoms with Crippen LogP contribution in [-0.4, -0.2) is 40.4 Å². The molecular formula is C14H19N5S. The van der Waals surface area contributed by atoms with Gasteiger partial charge in [-0.2, -0.15) is 4.37 Å². The Kier molecular flexibility index (Phi) is 4.13. The van der Waals surface area contributed by atoms with E-state index in [2.05, 4.69) is 19.6 Å². The zero-order valence-electron chi connectivity index (χ0n) is 11.4. The Labute approximate surface area is 123 Å². The lowest BCUT2D eigenvalue weighted by atomic mass is 10.1. The lowest BCUT2D eigenvalue weighted by molar-refractivity contribution is 0.353. The number of nitrogen functional groups attached to an aromatic ring is 1. The molecule has 3 N–H and O–H groups in total. The van der Waals surface area contributed by atoms with Crippen LogP contribution in [0.4, 0.5) is 10.8 Å². The summed E-state index contributed by atoms with van der Waals surface area (Å²) in [6, 6.07) is 3.93. The highest BCUT2D eigenvalue weighted by Crippen LogP contribution is 2.36. The van der Waals surface area contributed by atoms with Gasteiger partial charge in [0.1, 0.15) is 10.8 Å². The molecule has 1 saturated heterocycles. The number of aromatic nitrogens is 2. The minimum Gasteiger partial charge on any atom is -0.382 e. The normalized spacial score (nSPS) is 15.6. The zero-order valence-corrected chi connectivity index (χ0v) is 12.2. The quantitative estimate of drug-likeness (QED) is 0.884. The molecule has 1 aliphatic rings. The number of likely N-dealkylation sites (tertiary alicyclic amines) is 1. The van der Waals surface area contributed by atoms with E-state index in [1.165, 1.54) is 37.5 Å². The number of nitrogens with one attached hydrogen (secondary N) is 1. The van der Waals surface area contributed by atoms with Crippen molar-refractivity contribution in [3.05, 3.63) is 24.5 Å². The zero-order chi connectivity index (χ0) is 13.8. The van der Waals surface area contributed by atoms with Gasteiger partial charge in [0.05, 0.1) is 5.56 Å². The second-order valence-electron chi connectivity index (χ2n) is 4.98. The fraction of sp³-hybridized carbons (Fsp3) is 0.429. The molecular weight excluding hydrogens is 270 g/mol. The lowest BCUT2D eigenvalue weighted by Gasteiger charge is -2.15. The van der Waals surface area contributed by atoms with Crippen LogP contribution in [0.1, 0.15) is 12.8 Å². The van der Waals surface area contributed by atoms with Crippen LogP contribution < -0.4 is 11.1 Å². The van der Waals surface area contributed by atoms with Crippen LogP contribution in [0.2, 0.25) is 0 Å². The van der Waals surface area contributed by atoms with E-state index in [9.17, 15) is 0 Å². The summed E-state index contributed by atoms with van der Waals surface area (Å²) in [5.74, 6) is 0.588. The molecule has 0 unspecified atom stereocenters. The molecule has 5 nitrogen and oxygen atoms in total. The van der Waals surface area contributed by atoms with Gasteiger partial charge >= 0.3 is 0 Å². The first kappa shape index (κ1) is 13.3. The van der Waals surface area contributed by atoms with Crippen molar-refractivity contribution in [3.8, 4) is 11.1 Å². The lowest BCUT2D eigenvalue weighted by Crippen LogP contribution is -2.25. The standard InChI is InChI=1S/C14H19N5S/c15-13-12(11-3-5-16-6-4-11)14(20-18-13)17-7-10-19-8-1-2-9-19/h3-6,17H,1-2,7-10H2,(H2,15,18). The maximum atomic E-state index is 6.00. The van der Waals surface area contributed by atoms with Crippen LogP contribution in [-0.2, 0) is 0 Å². The number of nitrogens with two attached hydrogens (primary N) is 1. The van der Waals surface area contributed by atoms with Crippen molar-refractivity contribution in [1.82, 2.24) is 14.3 Å². The van der Waals surface area contributed by atoms with E-state index in [1.807, 2.05) is 12.1 Å². The summed E-state index contributed by atoms with van der Waals surface area (Å²) in [6.45, 7) is 4.46. The first-order valence-corrected chi connectivity index (χ1v) is 7.74. The Morgan fingerprint density at radius 1 is 1.25 bits per heavy atom. The first-order chi connectivity index (χ1) is 9.84. The molecule has 0 spiro atoms. The van der Waals surface area contributed by atoms with E-state index >= 15 is 0 Å². The third kappa shape index (κ3) is 2.91.